The molecular formula is C19H22N2O3S. The number of rotatable bonds is 8. The van der Waals surface area contributed by atoms with Crippen LogP contribution in [0, 0.1) is 0 Å². The van der Waals surface area contributed by atoms with Crippen LogP contribution in [0.3, 0.4) is 0 Å². The molecule has 132 valence electrons. The third-order valence-corrected chi connectivity index (χ3v) is 4.04. The Morgan fingerprint density at radius 2 is 1.84 bits per heavy atom. The summed E-state index contributed by atoms with van der Waals surface area (Å²) in [6.07, 6.45) is 0.901. The van der Waals surface area contributed by atoms with Crippen molar-refractivity contribution in [3.8, 4) is 11.5 Å². The average molecular weight is 358 g/mol. The van der Waals surface area contributed by atoms with E-state index in [2.05, 4.69) is 22.8 Å². The number of hydrogen-bond acceptors (Lipinski definition) is 4. The smallest absolute Gasteiger partial charge is 0.231 e. The summed E-state index contributed by atoms with van der Waals surface area (Å²) in [7, 11) is 0. The van der Waals surface area contributed by atoms with E-state index < -0.39 is 0 Å². The molecule has 0 aliphatic carbocycles. The summed E-state index contributed by atoms with van der Waals surface area (Å²) in [5, 5.41) is 7.02. The van der Waals surface area contributed by atoms with Crippen molar-refractivity contribution in [1.29, 1.82) is 0 Å². The molecule has 5 nitrogen and oxygen atoms in total. The van der Waals surface area contributed by atoms with Gasteiger partial charge in [0.05, 0.1) is 6.61 Å². The number of fused-ring (bicyclic) bond motifs is 1. The maximum atomic E-state index is 5.64. The van der Waals surface area contributed by atoms with Crippen molar-refractivity contribution in [2.45, 2.75) is 19.6 Å². The van der Waals surface area contributed by atoms with Gasteiger partial charge in [0.2, 0.25) is 6.79 Å². The number of benzene rings is 2. The van der Waals surface area contributed by atoms with E-state index in [1.54, 1.807) is 0 Å². The number of nitrogens with one attached hydrogen (secondary N) is 2. The molecule has 1 aliphatic heterocycles. The topological polar surface area (TPSA) is 51.8 Å². The second kappa shape index (κ2) is 9.25. The molecule has 0 unspecified atom stereocenters. The lowest BCUT2D eigenvalue weighted by atomic mass is 10.2. The lowest BCUT2D eigenvalue weighted by Gasteiger charge is -2.11. The van der Waals surface area contributed by atoms with Gasteiger partial charge in [0.25, 0.3) is 0 Å². The Hall–Kier alpha value is -2.31. The molecule has 0 saturated heterocycles. The van der Waals surface area contributed by atoms with E-state index in [4.69, 9.17) is 26.4 Å². The van der Waals surface area contributed by atoms with Gasteiger partial charge >= 0.3 is 0 Å². The zero-order chi connectivity index (χ0) is 17.3. The molecule has 6 heteroatoms. The van der Waals surface area contributed by atoms with E-state index in [9.17, 15) is 0 Å². The highest BCUT2D eigenvalue weighted by molar-refractivity contribution is 7.80. The molecule has 2 aromatic carbocycles. The predicted octanol–water partition coefficient (Wildman–Crippen LogP) is 2.99. The van der Waals surface area contributed by atoms with Crippen LogP contribution in [-0.2, 0) is 17.9 Å². The number of thiocarbonyl (C=S) groups is 1. The number of hydrogen-bond donors (Lipinski definition) is 2. The van der Waals surface area contributed by atoms with Crippen LogP contribution in [0.1, 0.15) is 17.5 Å². The Bertz CT molecular complexity index is 694. The lowest BCUT2D eigenvalue weighted by molar-refractivity contribution is 0.119. The Morgan fingerprint density at radius 3 is 2.72 bits per heavy atom. The van der Waals surface area contributed by atoms with Crippen molar-refractivity contribution in [3.63, 3.8) is 0 Å². The first kappa shape index (κ1) is 17.5. The molecule has 0 aromatic heterocycles. The minimum absolute atomic E-state index is 0.290. The normalized spacial score (nSPS) is 12.0. The van der Waals surface area contributed by atoms with Gasteiger partial charge in [-0.2, -0.15) is 0 Å². The fourth-order valence-electron chi connectivity index (χ4n) is 2.44. The Labute approximate surface area is 153 Å². The monoisotopic (exact) mass is 358 g/mol. The third kappa shape index (κ3) is 5.62. The second-order valence-corrected chi connectivity index (χ2v) is 6.10. The summed E-state index contributed by atoms with van der Waals surface area (Å²) in [6.45, 7) is 3.06. The minimum Gasteiger partial charge on any atom is -0.454 e. The van der Waals surface area contributed by atoms with E-state index in [0.717, 1.165) is 30.0 Å². The zero-order valence-electron chi connectivity index (χ0n) is 14.0. The minimum atomic E-state index is 0.290. The van der Waals surface area contributed by atoms with Crippen LogP contribution in [0.25, 0.3) is 0 Å². The van der Waals surface area contributed by atoms with Crippen LogP contribution in [0.2, 0.25) is 0 Å². The number of ether oxygens (including phenoxy) is 3. The maximum absolute atomic E-state index is 5.64. The van der Waals surface area contributed by atoms with Crippen molar-refractivity contribution in [3.05, 3.63) is 59.7 Å². The highest BCUT2D eigenvalue weighted by Crippen LogP contribution is 2.32. The first-order valence-electron chi connectivity index (χ1n) is 8.33. The third-order valence-electron chi connectivity index (χ3n) is 3.75. The Balaban J connectivity index is 1.26. The van der Waals surface area contributed by atoms with Crippen molar-refractivity contribution >= 4 is 17.3 Å². The first-order chi connectivity index (χ1) is 12.3. The Morgan fingerprint density at radius 1 is 1.00 bits per heavy atom. The van der Waals surface area contributed by atoms with Crippen molar-refractivity contribution in [1.82, 2.24) is 10.6 Å². The molecule has 0 radical (unpaired) electrons. The lowest BCUT2D eigenvalue weighted by Crippen LogP contribution is -2.35. The average Bonchev–Trinajstić information content (AvgIpc) is 3.11. The largest absolute Gasteiger partial charge is 0.454 e. The summed E-state index contributed by atoms with van der Waals surface area (Å²) in [5.74, 6) is 1.58. The quantitative estimate of drug-likeness (QED) is 0.559. The van der Waals surface area contributed by atoms with Crippen LogP contribution < -0.4 is 20.1 Å². The first-order valence-corrected chi connectivity index (χ1v) is 8.74. The molecule has 2 N–H and O–H groups in total. The molecule has 0 spiro atoms. The van der Waals surface area contributed by atoms with Crippen LogP contribution in [0.4, 0.5) is 0 Å². The summed E-state index contributed by atoms with van der Waals surface area (Å²) >= 11 is 5.29. The molecule has 25 heavy (non-hydrogen) atoms. The predicted molar refractivity (Wildman–Crippen MR) is 101 cm³/mol. The van der Waals surface area contributed by atoms with Gasteiger partial charge in [0.15, 0.2) is 16.6 Å². The van der Waals surface area contributed by atoms with Crippen LogP contribution in [-0.4, -0.2) is 25.1 Å². The summed E-state index contributed by atoms with van der Waals surface area (Å²) < 4.78 is 16.3. The molecule has 2 aromatic rings. The van der Waals surface area contributed by atoms with Gasteiger partial charge in [-0.25, -0.2) is 0 Å². The summed E-state index contributed by atoms with van der Waals surface area (Å²) in [5.41, 5.74) is 2.29. The Kier molecular flexibility index (Phi) is 6.48. The zero-order valence-corrected chi connectivity index (χ0v) is 14.8. The van der Waals surface area contributed by atoms with Crippen molar-refractivity contribution in [2.75, 3.05) is 19.9 Å². The highest BCUT2D eigenvalue weighted by Gasteiger charge is 2.12. The fraction of sp³-hybridized carbons (Fsp3) is 0.316. The van der Waals surface area contributed by atoms with E-state index in [1.165, 1.54) is 5.56 Å². The van der Waals surface area contributed by atoms with E-state index in [0.29, 0.717) is 31.7 Å². The SMILES string of the molecule is S=C(NCCCOCc1ccccc1)NCc1ccc2c(c1)OCO2. The second-order valence-electron chi connectivity index (χ2n) is 5.69. The molecular weight excluding hydrogens is 336 g/mol. The van der Waals surface area contributed by atoms with Crippen LogP contribution >= 0.6 is 12.2 Å². The molecule has 0 amide bonds. The molecule has 1 aliphatic rings. The van der Waals surface area contributed by atoms with Gasteiger partial charge < -0.3 is 24.8 Å². The van der Waals surface area contributed by atoms with Gasteiger partial charge in [-0.1, -0.05) is 36.4 Å². The molecule has 3 rings (SSSR count). The molecule has 0 fully saturated rings. The van der Waals surface area contributed by atoms with E-state index in [1.807, 2.05) is 36.4 Å². The standard InChI is InChI=1S/C19H22N2O3S/c25-19(20-9-4-10-22-13-15-5-2-1-3-6-15)21-12-16-7-8-17-18(11-16)24-14-23-17/h1-3,5-8,11H,4,9-10,12-14H2,(H2,20,21,25). The van der Waals surface area contributed by atoms with Crippen LogP contribution in [0.15, 0.2) is 48.5 Å². The summed E-state index contributed by atoms with van der Waals surface area (Å²) in [6, 6.07) is 16.1. The summed E-state index contributed by atoms with van der Waals surface area (Å²) in [4.78, 5) is 0. The van der Waals surface area contributed by atoms with Crippen molar-refractivity contribution in [2.24, 2.45) is 0 Å². The molecule has 1 heterocycles. The van der Waals surface area contributed by atoms with Gasteiger partial charge in [-0.15, -0.1) is 0 Å². The van der Waals surface area contributed by atoms with E-state index >= 15 is 0 Å². The fourth-order valence-corrected chi connectivity index (χ4v) is 2.61. The molecule has 0 bridgehead atoms. The highest BCUT2D eigenvalue weighted by atomic mass is 32.1. The maximum Gasteiger partial charge on any atom is 0.231 e. The van der Waals surface area contributed by atoms with Crippen LogP contribution in [0.5, 0.6) is 11.5 Å². The van der Waals surface area contributed by atoms with Gasteiger partial charge in [0.1, 0.15) is 0 Å². The van der Waals surface area contributed by atoms with E-state index in [-0.39, 0.29) is 0 Å². The van der Waals surface area contributed by atoms with Gasteiger partial charge in [0, 0.05) is 19.7 Å². The van der Waals surface area contributed by atoms with Gasteiger partial charge in [-0.3, -0.25) is 0 Å². The molecule has 0 atom stereocenters. The van der Waals surface area contributed by atoms with Gasteiger partial charge in [-0.05, 0) is 41.9 Å². The molecule has 0 saturated carbocycles. The van der Waals surface area contributed by atoms with Crippen molar-refractivity contribution < 1.29 is 14.2 Å².